The van der Waals surface area contributed by atoms with Gasteiger partial charge in [-0.25, -0.2) is 0 Å². The van der Waals surface area contributed by atoms with Gasteiger partial charge in [0.05, 0.1) is 19.0 Å². The first kappa shape index (κ1) is 6.05. The van der Waals surface area contributed by atoms with E-state index >= 15 is 0 Å². The van der Waals surface area contributed by atoms with Crippen molar-refractivity contribution >= 4 is 7.92 Å². The molecule has 0 radical (unpaired) electrons. The highest BCUT2D eigenvalue weighted by Gasteiger charge is 2.39. The number of hydrogen-bond acceptors (Lipinski definition) is 3. The molecule has 3 heterocycles. The summed E-state index contributed by atoms with van der Waals surface area (Å²) in [6.45, 7) is 1.82. The van der Waals surface area contributed by atoms with E-state index in [1.54, 1.807) is 0 Å². The highest BCUT2D eigenvalue weighted by atomic mass is 31.1. The third-order valence-electron chi connectivity index (χ3n) is 1.53. The summed E-state index contributed by atoms with van der Waals surface area (Å²) in [5, 5.41) is 0. The summed E-state index contributed by atoms with van der Waals surface area (Å²) in [4.78, 5) is 0. The lowest BCUT2D eigenvalue weighted by atomic mass is 10.6. The van der Waals surface area contributed by atoms with Gasteiger partial charge < -0.3 is 14.2 Å². The van der Waals surface area contributed by atoms with Gasteiger partial charge in [-0.2, -0.15) is 0 Å². The summed E-state index contributed by atoms with van der Waals surface area (Å²) >= 11 is 0. The van der Waals surface area contributed by atoms with Crippen molar-refractivity contribution in [1.29, 1.82) is 0 Å². The molecule has 0 aromatic heterocycles. The smallest absolute Gasteiger partial charge is 0.280 e. The third-order valence-corrected chi connectivity index (χ3v) is 3.01. The summed E-state index contributed by atoms with van der Waals surface area (Å²) in [5.74, 6) is -0.697. The van der Waals surface area contributed by atoms with Gasteiger partial charge >= 0.3 is 0 Å². The molecule has 3 saturated heterocycles. The van der Waals surface area contributed by atoms with Crippen molar-refractivity contribution in [3.63, 3.8) is 0 Å². The van der Waals surface area contributed by atoms with E-state index in [-0.39, 0.29) is 7.92 Å². The second-order valence-corrected chi connectivity index (χ2v) is 4.47. The fraction of sp³-hybridized carbons (Fsp3) is 1.00. The molecule has 0 unspecified atom stereocenters. The maximum absolute atomic E-state index is 5.25. The molecule has 0 atom stereocenters. The van der Waals surface area contributed by atoms with Gasteiger partial charge in [-0.1, -0.05) is 0 Å². The molecule has 0 aliphatic carbocycles. The standard InChI is InChI=1S/C5H9O3P/c1-5-6-2-9(3-7-5)4-8-5/h2-4H2,1H3. The molecular formula is C5H9O3P. The highest BCUT2D eigenvalue weighted by Crippen LogP contribution is 2.48. The summed E-state index contributed by atoms with van der Waals surface area (Å²) < 4.78 is 15.7. The van der Waals surface area contributed by atoms with Crippen LogP contribution in [-0.4, -0.2) is 25.0 Å². The minimum atomic E-state index is -0.697. The molecule has 4 heteroatoms. The second-order valence-electron chi connectivity index (χ2n) is 2.35. The summed E-state index contributed by atoms with van der Waals surface area (Å²) in [6, 6.07) is 0. The first-order valence-corrected chi connectivity index (χ1v) is 4.82. The molecule has 0 saturated carbocycles. The Bertz CT molecular complexity index is 106. The van der Waals surface area contributed by atoms with Crippen LogP contribution in [0.25, 0.3) is 0 Å². The maximum atomic E-state index is 5.25. The Morgan fingerprint density at radius 1 is 1.11 bits per heavy atom. The van der Waals surface area contributed by atoms with Crippen molar-refractivity contribution < 1.29 is 14.2 Å². The van der Waals surface area contributed by atoms with Gasteiger partial charge in [0.25, 0.3) is 5.97 Å². The highest BCUT2D eigenvalue weighted by molar-refractivity contribution is 7.57. The molecule has 3 nitrogen and oxygen atoms in total. The molecule has 0 aromatic rings. The Hall–Kier alpha value is 0.310. The van der Waals surface area contributed by atoms with E-state index in [9.17, 15) is 0 Å². The summed E-state index contributed by atoms with van der Waals surface area (Å²) in [6.07, 6.45) is 2.56. The number of rotatable bonds is 0. The monoisotopic (exact) mass is 148 g/mol. The van der Waals surface area contributed by atoms with E-state index in [2.05, 4.69) is 0 Å². The summed E-state index contributed by atoms with van der Waals surface area (Å²) in [7, 11) is -0.102. The van der Waals surface area contributed by atoms with Gasteiger partial charge in [-0.3, -0.25) is 0 Å². The molecule has 3 aliphatic heterocycles. The molecule has 0 N–H and O–H groups in total. The van der Waals surface area contributed by atoms with Crippen molar-refractivity contribution in [3.05, 3.63) is 0 Å². The van der Waals surface area contributed by atoms with Crippen molar-refractivity contribution in [2.75, 3.05) is 19.0 Å². The number of ether oxygens (including phenoxy) is 3. The fourth-order valence-electron chi connectivity index (χ4n) is 0.862. The number of hydrogen-bond donors (Lipinski definition) is 0. The Morgan fingerprint density at radius 3 is 1.78 bits per heavy atom. The first-order valence-electron chi connectivity index (χ1n) is 2.93. The SMILES string of the molecule is CC12OCP(CO1)CO2. The quantitative estimate of drug-likeness (QED) is 0.481. The van der Waals surface area contributed by atoms with Crippen molar-refractivity contribution in [2.45, 2.75) is 12.9 Å². The molecule has 9 heavy (non-hydrogen) atoms. The molecular weight excluding hydrogens is 139 g/mol. The van der Waals surface area contributed by atoms with Crippen LogP contribution in [0.2, 0.25) is 0 Å². The Balaban J connectivity index is 2.11. The molecule has 2 bridgehead atoms. The maximum Gasteiger partial charge on any atom is 0.280 e. The van der Waals surface area contributed by atoms with E-state index in [4.69, 9.17) is 14.2 Å². The van der Waals surface area contributed by atoms with E-state index < -0.39 is 5.97 Å². The topological polar surface area (TPSA) is 27.7 Å². The predicted molar refractivity (Wildman–Crippen MR) is 33.2 cm³/mol. The van der Waals surface area contributed by atoms with Crippen molar-refractivity contribution in [3.8, 4) is 0 Å². The van der Waals surface area contributed by atoms with E-state index in [0.29, 0.717) is 0 Å². The van der Waals surface area contributed by atoms with Crippen LogP contribution >= 0.6 is 7.92 Å². The third kappa shape index (κ3) is 0.987. The minimum absolute atomic E-state index is 0.102. The fourth-order valence-corrected chi connectivity index (χ4v) is 2.34. The normalized spacial score (nSPS) is 49.7. The van der Waals surface area contributed by atoms with Crippen LogP contribution in [0.1, 0.15) is 6.92 Å². The second kappa shape index (κ2) is 1.89. The summed E-state index contributed by atoms with van der Waals surface area (Å²) in [5.41, 5.74) is 0. The van der Waals surface area contributed by atoms with Crippen LogP contribution in [0, 0.1) is 0 Å². The zero-order valence-corrected chi connectivity index (χ0v) is 6.19. The van der Waals surface area contributed by atoms with Crippen molar-refractivity contribution in [2.24, 2.45) is 0 Å². The predicted octanol–water partition coefficient (Wildman–Crippen LogP) is 1.09. The molecule has 0 amide bonds. The lowest BCUT2D eigenvalue weighted by molar-refractivity contribution is -0.371. The molecule has 3 aliphatic rings. The van der Waals surface area contributed by atoms with Gasteiger partial charge in [-0.15, -0.1) is 0 Å². The average molecular weight is 148 g/mol. The van der Waals surface area contributed by atoms with Crippen LogP contribution in [0.15, 0.2) is 0 Å². The van der Waals surface area contributed by atoms with Gasteiger partial charge in [-0.05, 0) is 7.92 Å². The van der Waals surface area contributed by atoms with Gasteiger partial charge in [0.1, 0.15) is 0 Å². The van der Waals surface area contributed by atoms with Crippen LogP contribution in [0.4, 0.5) is 0 Å². The van der Waals surface area contributed by atoms with Crippen LogP contribution in [-0.2, 0) is 14.2 Å². The van der Waals surface area contributed by atoms with Gasteiger partial charge in [0, 0.05) is 6.92 Å². The van der Waals surface area contributed by atoms with E-state index in [1.165, 1.54) is 0 Å². The zero-order valence-electron chi connectivity index (χ0n) is 5.29. The minimum Gasteiger partial charge on any atom is -0.323 e. The molecule has 0 aromatic carbocycles. The molecule has 0 spiro atoms. The van der Waals surface area contributed by atoms with Crippen LogP contribution < -0.4 is 0 Å². The lowest BCUT2D eigenvalue weighted by Gasteiger charge is -2.42. The van der Waals surface area contributed by atoms with Crippen LogP contribution in [0.5, 0.6) is 0 Å². The van der Waals surface area contributed by atoms with Crippen LogP contribution in [0.3, 0.4) is 0 Å². The van der Waals surface area contributed by atoms with Crippen molar-refractivity contribution in [1.82, 2.24) is 0 Å². The van der Waals surface area contributed by atoms with Gasteiger partial charge in [0.2, 0.25) is 0 Å². The van der Waals surface area contributed by atoms with E-state index in [0.717, 1.165) is 19.0 Å². The first-order chi connectivity index (χ1) is 4.29. The molecule has 3 rings (SSSR count). The number of fused-ring (bicyclic) bond motifs is 3. The van der Waals surface area contributed by atoms with E-state index in [1.807, 2.05) is 6.92 Å². The lowest BCUT2D eigenvalue weighted by Crippen LogP contribution is -2.44. The Kier molecular flexibility index (Phi) is 1.27. The average Bonchev–Trinajstić information content (AvgIpc) is 1.90. The van der Waals surface area contributed by atoms with Gasteiger partial charge in [0.15, 0.2) is 0 Å². The molecule has 3 fully saturated rings. The Labute approximate surface area is 55.0 Å². The Morgan fingerprint density at radius 2 is 1.56 bits per heavy atom. The molecule has 52 valence electrons. The zero-order chi connectivity index (χ0) is 6.32. The largest absolute Gasteiger partial charge is 0.323 e.